The van der Waals surface area contributed by atoms with E-state index in [9.17, 15) is 21.6 Å². The fraction of sp³-hybridized carbons (Fsp3) is 0.611. The highest BCUT2D eigenvalue weighted by atomic mass is 32.2. The minimum atomic E-state index is -3.80. The van der Waals surface area contributed by atoms with Crippen molar-refractivity contribution in [2.24, 2.45) is 0 Å². The predicted molar refractivity (Wildman–Crippen MR) is 105 cm³/mol. The molecule has 0 aliphatic carbocycles. The summed E-state index contributed by atoms with van der Waals surface area (Å²) in [6.45, 7) is 5.63. The van der Waals surface area contributed by atoms with E-state index in [2.05, 4.69) is 19.2 Å². The molecule has 2 rings (SSSR count). The van der Waals surface area contributed by atoms with Crippen molar-refractivity contribution < 1.29 is 21.6 Å². The standard InChI is InChI=1S/C18H28N2O5S2/c1-4-14(3)15-6-8-17(9-7-15)27(24,25)20(5-2)12-18(21)19-16-10-11-26(22,23)13-16/h6-9,14,16H,4-5,10-13H2,1-3H3,(H,19,21)/t14-,16+/m0/s1. The molecule has 0 spiro atoms. The highest BCUT2D eigenvalue weighted by Gasteiger charge is 2.31. The zero-order valence-electron chi connectivity index (χ0n) is 16.0. The van der Waals surface area contributed by atoms with Gasteiger partial charge in [-0.05, 0) is 36.5 Å². The second kappa shape index (κ2) is 8.70. The van der Waals surface area contributed by atoms with Crippen LogP contribution in [-0.4, -0.2) is 57.7 Å². The maximum absolute atomic E-state index is 12.8. The van der Waals surface area contributed by atoms with Gasteiger partial charge >= 0.3 is 0 Å². The summed E-state index contributed by atoms with van der Waals surface area (Å²) in [5, 5.41) is 2.63. The van der Waals surface area contributed by atoms with Gasteiger partial charge in [0, 0.05) is 12.6 Å². The summed E-state index contributed by atoms with van der Waals surface area (Å²) in [4.78, 5) is 12.4. The molecule has 0 radical (unpaired) electrons. The summed E-state index contributed by atoms with van der Waals surface area (Å²) in [7, 11) is -6.90. The molecule has 27 heavy (non-hydrogen) atoms. The quantitative estimate of drug-likeness (QED) is 0.692. The Hall–Kier alpha value is -1.45. The summed E-state index contributed by atoms with van der Waals surface area (Å²) in [5.41, 5.74) is 1.07. The number of likely N-dealkylation sites (N-methyl/N-ethyl adjacent to an activating group) is 1. The summed E-state index contributed by atoms with van der Waals surface area (Å²) < 4.78 is 49.8. The first-order chi connectivity index (χ1) is 12.6. The fourth-order valence-corrected chi connectivity index (χ4v) is 6.14. The van der Waals surface area contributed by atoms with E-state index in [1.165, 1.54) is 0 Å². The Morgan fingerprint density at radius 3 is 2.37 bits per heavy atom. The number of nitrogens with zero attached hydrogens (tertiary/aromatic N) is 1. The zero-order chi connectivity index (χ0) is 20.2. The van der Waals surface area contributed by atoms with Gasteiger partial charge in [0.15, 0.2) is 9.84 Å². The van der Waals surface area contributed by atoms with Crippen LogP contribution in [0.5, 0.6) is 0 Å². The molecule has 1 aromatic rings. The smallest absolute Gasteiger partial charge is 0.243 e. The first-order valence-corrected chi connectivity index (χ1v) is 12.4. The number of carbonyl (C=O) groups is 1. The van der Waals surface area contributed by atoms with Crippen LogP contribution in [0.25, 0.3) is 0 Å². The van der Waals surface area contributed by atoms with Crippen molar-refractivity contribution in [3.05, 3.63) is 29.8 Å². The number of hydrogen-bond donors (Lipinski definition) is 1. The van der Waals surface area contributed by atoms with E-state index in [4.69, 9.17) is 0 Å². The van der Waals surface area contributed by atoms with Crippen LogP contribution >= 0.6 is 0 Å². The first kappa shape index (κ1) is 21.8. The van der Waals surface area contributed by atoms with Gasteiger partial charge < -0.3 is 5.32 Å². The topological polar surface area (TPSA) is 101 Å². The summed E-state index contributed by atoms with van der Waals surface area (Å²) >= 11 is 0. The van der Waals surface area contributed by atoms with E-state index < -0.39 is 31.8 Å². The third-order valence-corrected chi connectivity index (χ3v) is 8.67. The number of hydrogen-bond acceptors (Lipinski definition) is 5. The van der Waals surface area contributed by atoms with Crippen molar-refractivity contribution in [1.29, 1.82) is 0 Å². The van der Waals surface area contributed by atoms with Crippen molar-refractivity contribution >= 4 is 25.8 Å². The van der Waals surface area contributed by atoms with Gasteiger partial charge in [-0.3, -0.25) is 4.79 Å². The molecule has 1 fully saturated rings. The molecule has 1 saturated heterocycles. The Balaban J connectivity index is 2.07. The number of benzene rings is 1. The Morgan fingerprint density at radius 2 is 1.89 bits per heavy atom. The molecule has 1 aliphatic heterocycles. The van der Waals surface area contributed by atoms with Crippen LogP contribution in [0.15, 0.2) is 29.2 Å². The Labute approximate surface area is 162 Å². The molecule has 0 unspecified atom stereocenters. The predicted octanol–water partition coefficient (Wildman–Crippen LogP) is 1.51. The Bertz CT molecular complexity index is 864. The fourth-order valence-electron chi connectivity index (χ4n) is 3.06. The molecule has 1 aromatic carbocycles. The molecule has 1 amide bonds. The molecule has 1 N–H and O–H groups in total. The van der Waals surface area contributed by atoms with Gasteiger partial charge in [-0.2, -0.15) is 4.31 Å². The lowest BCUT2D eigenvalue weighted by Crippen LogP contribution is -2.44. The van der Waals surface area contributed by atoms with Crippen LogP contribution in [0.3, 0.4) is 0 Å². The molecular formula is C18H28N2O5S2. The van der Waals surface area contributed by atoms with E-state index in [0.717, 1.165) is 16.3 Å². The number of sulfone groups is 1. The maximum Gasteiger partial charge on any atom is 0.243 e. The molecule has 1 aliphatic rings. The van der Waals surface area contributed by atoms with Gasteiger partial charge in [-0.15, -0.1) is 0 Å². The summed E-state index contributed by atoms with van der Waals surface area (Å²) in [5.74, 6) is -0.179. The molecule has 2 atom stereocenters. The lowest BCUT2D eigenvalue weighted by atomic mass is 9.99. The largest absolute Gasteiger partial charge is 0.351 e. The molecule has 1 heterocycles. The molecule has 0 saturated carbocycles. The number of rotatable bonds is 8. The van der Waals surface area contributed by atoms with Crippen LogP contribution < -0.4 is 5.32 Å². The average Bonchev–Trinajstić information content (AvgIpc) is 2.97. The van der Waals surface area contributed by atoms with Crippen molar-refractivity contribution in [3.63, 3.8) is 0 Å². The van der Waals surface area contributed by atoms with Gasteiger partial charge in [0.2, 0.25) is 15.9 Å². The first-order valence-electron chi connectivity index (χ1n) is 9.19. The van der Waals surface area contributed by atoms with E-state index in [1.807, 2.05) is 0 Å². The van der Waals surface area contributed by atoms with Crippen molar-refractivity contribution in [3.8, 4) is 0 Å². The third-order valence-electron chi connectivity index (χ3n) is 4.97. The average molecular weight is 417 g/mol. The minimum absolute atomic E-state index is 0.0519. The maximum atomic E-state index is 12.8. The lowest BCUT2D eigenvalue weighted by Gasteiger charge is -2.21. The molecule has 9 heteroatoms. The van der Waals surface area contributed by atoms with Gasteiger partial charge in [0.1, 0.15) is 0 Å². The van der Waals surface area contributed by atoms with Crippen LogP contribution in [0, 0.1) is 0 Å². The second-order valence-electron chi connectivity index (χ2n) is 6.98. The Morgan fingerprint density at radius 1 is 1.26 bits per heavy atom. The van der Waals surface area contributed by atoms with E-state index in [1.54, 1.807) is 31.2 Å². The van der Waals surface area contributed by atoms with Gasteiger partial charge in [-0.1, -0.05) is 32.9 Å². The van der Waals surface area contributed by atoms with Crippen LogP contribution in [0.2, 0.25) is 0 Å². The summed E-state index contributed by atoms with van der Waals surface area (Å²) in [6.07, 6.45) is 1.33. The lowest BCUT2D eigenvalue weighted by molar-refractivity contribution is -0.121. The minimum Gasteiger partial charge on any atom is -0.351 e. The number of amides is 1. The third kappa shape index (κ3) is 5.52. The second-order valence-corrected chi connectivity index (χ2v) is 11.1. The number of sulfonamides is 1. The van der Waals surface area contributed by atoms with E-state index in [0.29, 0.717) is 12.3 Å². The molecular weight excluding hydrogens is 388 g/mol. The van der Waals surface area contributed by atoms with Crippen LogP contribution in [-0.2, 0) is 24.7 Å². The van der Waals surface area contributed by atoms with Gasteiger partial charge in [-0.25, -0.2) is 16.8 Å². The normalized spacial score (nSPS) is 20.5. The van der Waals surface area contributed by atoms with Crippen molar-refractivity contribution in [2.45, 2.75) is 50.5 Å². The monoisotopic (exact) mass is 416 g/mol. The highest BCUT2D eigenvalue weighted by molar-refractivity contribution is 7.91. The van der Waals surface area contributed by atoms with E-state index in [-0.39, 0.29) is 29.5 Å². The molecule has 152 valence electrons. The van der Waals surface area contributed by atoms with E-state index >= 15 is 0 Å². The van der Waals surface area contributed by atoms with Crippen LogP contribution in [0.4, 0.5) is 0 Å². The number of carbonyl (C=O) groups excluding carboxylic acids is 1. The van der Waals surface area contributed by atoms with Crippen molar-refractivity contribution in [1.82, 2.24) is 9.62 Å². The van der Waals surface area contributed by atoms with Gasteiger partial charge in [0.25, 0.3) is 0 Å². The zero-order valence-corrected chi connectivity index (χ0v) is 17.6. The molecule has 0 aromatic heterocycles. The number of nitrogens with one attached hydrogen (secondary N) is 1. The molecule has 7 nitrogen and oxygen atoms in total. The van der Waals surface area contributed by atoms with Gasteiger partial charge in [0.05, 0.1) is 22.9 Å². The van der Waals surface area contributed by atoms with Crippen LogP contribution in [0.1, 0.15) is 45.1 Å². The summed E-state index contributed by atoms with van der Waals surface area (Å²) in [6, 6.07) is 6.30. The Kier molecular flexibility index (Phi) is 7.04. The highest BCUT2D eigenvalue weighted by Crippen LogP contribution is 2.22. The van der Waals surface area contributed by atoms with Crippen molar-refractivity contribution in [2.75, 3.05) is 24.6 Å². The molecule has 0 bridgehead atoms. The SMILES string of the molecule is CC[C@H](C)c1ccc(S(=O)(=O)N(CC)CC(=O)N[C@@H]2CCS(=O)(=O)C2)cc1.